The van der Waals surface area contributed by atoms with Gasteiger partial charge in [-0.2, -0.15) is 0 Å². The largest absolute Gasteiger partial charge is 0.493 e. The summed E-state index contributed by atoms with van der Waals surface area (Å²) in [7, 11) is 0. The molecule has 1 aromatic rings. The standard InChI is InChI=1S/C19H31NO/c1-3-20-16(2)9-10-17-11-13-19(14-12-17)21-15-18-7-5-4-6-8-18/h11-14,16,18,20H,3-10,15H2,1-2H3. The van der Waals surface area contributed by atoms with Gasteiger partial charge < -0.3 is 10.1 Å². The second-order valence-corrected chi connectivity index (χ2v) is 6.46. The molecule has 0 aliphatic heterocycles. The number of ether oxygens (including phenoxy) is 1. The molecule has 1 aromatic carbocycles. The first-order chi connectivity index (χ1) is 10.3. The molecular formula is C19H31NO. The first-order valence-electron chi connectivity index (χ1n) is 8.73. The molecule has 2 rings (SSSR count). The lowest BCUT2D eigenvalue weighted by molar-refractivity contribution is 0.209. The highest BCUT2D eigenvalue weighted by Gasteiger charge is 2.13. The molecule has 0 bridgehead atoms. The Labute approximate surface area is 130 Å². The van der Waals surface area contributed by atoms with Crippen LogP contribution in [0.2, 0.25) is 0 Å². The van der Waals surface area contributed by atoms with Crippen molar-refractivity contribution >= 4 is 0 Å². The van der Waals surface area contributed by atoms with Crippen LogP contribution in [0.3, 0.4) is 0 Å². The number of nitrogens with one attached hydrogen (secondary N) is 1. The summed E-state index contributed by atoms with van der Waals surface area (Å²) in [6.07, 6.45) is 9.21. The second-order valence-electron chi connectivity index (χ2n) is 6.46. The predicted molar refractivity (Wildman–Crippen MR) is 90.0 cm³/mol. The van der Waals surface area contributed by atoms with Gasteiger partial charge in [0.25, 0.3) is 0 Å². The molecule has 1 unspecified atom stereocenters. The molecule has 21 heavy (non-hydrogen) atoms. The van der Waals surface area contributed by atoms with E-state index in [9.17, 15) is 0 Å². The number of hydrogen-bond acceptors (Lipinski definition) is 2. The van der Waals surface area contributed by atoms with E-state index in [2.05, 4.69) is 43.4 Å². The highest BCUT2D eigenvalue weighted by Crippen LogP contribution is 2.24. The summed E-state index contributed by atoms with van der Waals surface area (Å²) >= 11 is 0. The summed E-state index contributed by atoms with van der Waals surface area (Å²) in [5.74, 6) is 1.81. The van der Waals surface area contributed by atoms with Crippen LogP contribution in [0.4, 0.5) is 0 Å². The third-order valence-corrected chi connectivity index (χ3v) is 4.55. The number of hydrogen-bond donors (Lipinski definition) is 1. The molecule has 0 heterocycles. The monoisotopic (exact) mass is 289 g/mol. The van der Waals surface area contributed by atoms with E-state index in [0.29, 0.717) is 6.04 Å². The normalized spacial score (nSPS) is 17.6. The van der Waals surface area contributed by atoms with Crippen molar-refractivity contribution in [3.63, 3.8) is 0 Å². The van der Waals surface area contributed by atoms with E-state index in [1.54, 1.807) is 0 Å². The van der Waals surface area contributed by atoms with E-state index in [0.717, 1.165) is 31.2 Å². The van der Waals surface area contributed by atoms with Gasteiger partial charge in [-0.25, -0.2) is 0 Å². The molecule has 1 aliphatic rings. The Morgan fingerprint density at radius 3 is 2.52 bits per heavy atom. The Bertz CT molecular complexity index is 381. The van der Waals surface area contributed by atoms with Gasteiger partial charge in [-0.05, 0) is 62.8 Å². The van der Waals surface area contributed by atoms with Crippen LogP contribution in [0.15, 0.2) is 24.3 Å². The maximum atomic E-state index is 5.95. The van der Waals surface area contributed by atoms with Crippen LogP contribution in [-0.4, -0.2) is 19.2 Å². The quantitative estimate of drug-likeness (QED) is 0.756. The smallest absolute Gasteiger partial charge is 0.119 e. The summed E-state index contributed by atoms with van der Waals surface area (Å²) in [5.41, 5.74) is 1.41. The Kier molecular flexibility index (Phi) is 7.08. The average Bonchev–Trinajstić information content (AvgIpc) is 2.53. The molecule has 1 saturated carbocycles. The topological polar surface area (TPSA) is 21.3 Å². The van der Waals surface area contributed by atoms with E-state index in [1.165, 1.54) is 44.1 Å². The molecule has 118 valence electrons. The number of benzene rings is 1. The average molecular weight is 289 g/mol. The van der Waals surface area contributed by atoms with Gasteiger partial charge in [-0.15, -0.1) is 0 Å². The van der Waals surface area contributed by atoms with E-state index in [-0.39, 0.29) is 0 Å². The minimum atomic E-state index is 0.595. The molecular weight excluding hydrogens is 258 g/mol. The van der Waals surface area contributed by atoms with Crippen molar-refractivity contribution in [2.45, 2.75) is 64.8 Å². The van der Waals surface area contributed by atoms with Crippen LogP contribution in [0.25, 0.3) is 0 Å². The third-order valence-electron chi connectivity index (χ3n) is 4.55. The third kappa shape index (κ3) is 6.09. The van der Waals surface area contributed by atoms with Crippen LogP contribution in [-0.2, 0) is 6.42 Å². The predicted octanol–water partition coefficient (Wildman–Crippen LogP) is 4.58. The van der Waals surface area contributed by atoms with E-state index in [4.69, 9.17) is 4.74 Å². The van der Waals surface area contributed by atoms with Crippen LogP contribution < -0.4 is 10.1 Å². The van der Waals surface area contributed by atoms with Gasteiger partial charge in [-0.1, -0.05) is 38.3 Å². The second kappa shape index (κ2) is 9.09. The Balaban J connectivity index is 1.71. The lowest BCUT2D eigenvalue weighted by Gasteiger charge is -2.21. The molecule has 0 radical (unpaired) electrons. The summed E-state index contributed by atoms with van der Waals surface area (Å²) in [6.45, 7) is 6.37. The molecule has 1 aliphatic carbocycles. The summed E-state index contributed by atoms with van der Waals surface area (Å²) in [4.78, 5) is 0. The van der Waals surface area contributed by atoms with E-state index >= 15 is 0 Å². The molecule has 0 spiro atoms. The molecule has 2 heteroatoms. The zero-order valence-electron chi connectivity index (χ0n) is 13.7. The summed E-state index contributed by atoms with van der Waals surface area (Å²) in [6, 6.07) is 9.30. The molecule has 0 amide bonds. The molecule has 2 nitrogen and oxygen atoms in total. The van der Waals surface area contributed by atoms with Gasteiger partial charge in [0, 0.05) is 6.04 Å². The Hall–Kier alpha value is -1.02. The zero-order chi connectivity index (χ0) is 14.9. The lowest BCUT2D eigenvalue weighted by Crippen LogP contribution is -2.25. The summed E-state index contributed by atoms with van der Waals surface area (Å²) in [5, 5.41) is 3.46. The fourth-order valence-electron chi connectivity index (χ4n) is 3.15. The van der Waals surface area contributed by atoms with Gasteiger partial charge in [0.05, 0.1) is 6.61 Å². The molecule has 0 saturated heterocycles. The van der Waals surface area contributed by atoms with Crippen molar-refractivity contribution in [2.24, 2.45) is 5.92 Å². The molecule has 0 aromatic heterocycles. The Morgan fingerprint density at radius 1 is 1.14 bits per heavy atom. The SMILES string of the molecule is CCNC(C)CCc1ccc(OCC2CCCCC2)cc1. The maximum absolute atomic E-state index is 5.95. The van der Waals surface area contributed by atoms with Crippen molar-refractivity contribution in [1.82, 2.24) is 5.32 Å². The highest BCUT2D eigenvalue weighted by molar-refractivity contribution is 5.27. The summed E-state index contributed by atoms with van der Waals surface area (Å²) < 4.78 is 5.95. The zero-order valence-corrected chi connectivity index (χ0v) is 13.7. The van der Waals surface area contributed by atoms with E-state index in [1.807, 2.05) is 0 Å². The van der Waals surface area contributed by atoms with Crippen molar-refractivity contribution in [1.29, 1.82) is 0 Å². The fraction of sp³-hybridized carbons (Fsp3) is 0.684. The molecule has 1 N–H and O–H groups in total. The minimum Gasteiger partial charge on any atom is -0.493 e. The van der Waals surface area contributed by atoms with Gasteiger partial charge in [-0.3, -0.25) is 0 Å². The van der Waals surface area contributed by atoms with Crippen molar-refractivity contribution in [3.8, 4) is 5.75 Å². The first-order valence-corrected chi connectivity index (χ1v) is 8.73. The lowest BCUT2D eigenvalue weighted by atomic mass is 9.90. The maximum Gasteiger partial charge on any atom is 0.119 e. The van der Waals surface area contributed by atoms with Crippen LogP contribution >= 0.6 is 0 Å². The fourth-order valence-corrected chi connectivity index (χ4v) is 3.15. The van der Waals surface area contributed by atoms with Gasteiger partial charge in [0.2, 0.25) is 0 Å². The Morgan fingerprint density at radius 2 is 1.86 bits per heavy atom. The number of rotatable bonds is 8. The number of aryl methyl sites for hydroxylation is 1. The van der Waals surface area contributed by atoms with Gasteiger partial charge >= 0.3 is 0 Å². The van der Waals surface area contributed by atoms with Gasteiger partial charge in [0.15, 0.2) is 0 Å². The molecule has 1 fully saturated rings. The van der Waals surface area contributed by atoms with Crippen LogP contribution in [0.5, 0.6) is 5.75 Å². The first kappa shape index (κ1) is 16.4. The molecule has 1 atom stereocenters. The van der Waals surface area contributed by atoms with E-state index < -0.39 is 0 Å². The van der Waals surface area contributed by atoms with Crippen LogP contribution in [0, 0.1) is 5.92 Å². The van der Waals surface area contributed by atoms with Crippen molar-refractivity contribution in [3.05, 3.63) is 29.8 Å². The highest BCUT2D eigenvalue weighted by atomic mass is 16.5. The van der Waals surface area contributed by atoms with Crippen molar-refractivity contribution in [2.75, 3.05) is 13.2 Å². The minimum absolute atomic E-state index is 0.595. The van der Waals surface area contributed by atoms with Crippen molar-refractivity contribution < 1.29 is 4.74 Å². The van der Waals surface area contributed by atoms with Crippen LogP contribution in [0.1, 0.15) is 57.9 Å². The van der Waals surface area contributed by atoms with Gasteiger partial charge in [0.1, 0.15) is 5.75 Å².